The standard InChI is InChI=1S/C19H12N2O3/c1-3-6-10(4-2)19-20-14-9-13-15-11(16(14)24-19)7-5-8-12(15)17(22)21-18(13)23/h3-9H,1-2H2,(H,21,22,23)/b10-6+. The number of carbonyl (C=O) groups is 2. The fourth-order valence-electron chi connectivity index (χ4n) is 2.95. The summed E-state index contributed by atoms with van der Waals surface area (Å²) in [7, 11) is 0. The zero-order valence-electron chi connectivity index (χ0n) is 12.6. The van der Waals surface area contributed by atoms with Crippen molar-refractivity contribution in [3.8, 4) is 0 Å². The van der Waals surface area contributed by atoms with Crippen LogP contribution in [-0.2, 0) is 0 Å². The number of fused-ring (bicyclic) bond motifs is 2. The van der Waals surface area contributed by atoms with Crippen molar-refractivity contribution in [2.45, 2.75) is 0 Å². The van der Waals surface area contributed by atoms with Gasteiger partial charge in [-0.25, -0.2) is 4.98 Å². The number of carbonyl (C=O) groups excluding carboxylic acids is 2. The highest BCUT2D eigenvalue weighted by Crippen LogP contribution is 2.34. The largest absolute Gasteiger partial charge is 0.435 e. The minimum Gasteiger partial charge on any atom is -0.435 e. The zero-order valence-corrected chi connectivity index (χ0v) is 12.6. The third-order valence-electron chi connectivity index (χ3n) is 3.99. The van der Waals surface area contributed by atoms with Crippen LogP contribution in [0.2, 0.25) is 0 Å². The number of allylic oxidation sites excluding steroid dienone is 4. The molecule has 2 aromatic carbocycles. The molecule has 0 aliphatic carbocycles. The van der Waals surface area contributed by atoms with Gasteiger partial charge in [0, 0.05) is 21.9 Å². The average Bonchev–Trinajstić information content (AvgIpc) is 3.01. The van der Waals surface area contributed by atoms with E-state index in [0.717, 1.165) is 0 Å². The van der Waals surface area contributed by atoms with Gasteiger partial charge in [-0.3, -0.25) is 14.9 Å². The van der Waals surface area contributed by atoms with E-state index >= 15 is 0 Å². The fourth-order valence-corrected chi connectivity index (χ4v) is 2.95. The number of amides is 2. The van der Waals surface area contributed by atoms with Gasteiger partial charge in [0.25, 0.3) is 11.8 Å². The Morgan fingerprint density at radius 2 is 1.96 bits per heavy atom. The van der Waals surface area contributed by atoms with Gasteiger partial charge < -0.3 is 4.42 Å². The highest BCUT2D eigenvalue weighted by atomic mass is 16.3. The van der Waals surface area contributed by atoms with Crippen molar-refractivity contribution >= 4 is 39.3 Å². The molecule has 4 rings (SSSR count). The number of imide groups is 1. The van der Waals surface area contributed by atoms with E-state index in [1.54, 1.807) is 36.4 Å². The maximum absolute atomic E-state index is 12.2. The molecule has 116 valence electrons. The molecule has 3 aromatic rings. The molecular formula is C19H12N2O3. The molecule has 2 heterocycles. The van der Waals surface area contributed by atoms with Crippen molar-refractivity contribution in [2.24, 2.45) is 0 Å². The molecule has 0 bridgehead atoms. The minimum absolute atomic E-state index is 0.384. The van der Waals surface area contributed by atoms with Crippen LogP contribution in [0.15, 0.2) is 60.1 Å². The van der Waals surface area contributed by atoms with Crippen molar-refractivity contribution in [3.05, 3.63) is 72.7 Å². The summed E-state index contributed by atoms with van der Waals surface area (Å²) in [5, 5.41) is 3.62. The first kappa shape index (κ1) is 14.1. The van der Waals surface area contributed by atoms with Crippen molar-refractivity contribution in [1.29, 1.82) is 0 Å². The Kier molecular flexibility index (Phi) is 2.96. The molecule has 1 aliphatic rings. The van der Waals surface area contributed by atoms with E-state index in [9.17, 15) is 9.59 Å². The number of hydrogen-bond donors (Lipinski definition) is 1. The third kappa shape index (κ3) is 1.85. The first-order valence-corrected chi connectivity index (χ1v) is 7.31. The SMILES string of the molecule is C=C/C=C(\C=C)c1nc2cc3c4c(cccc4c2o1)C(=O)NC3=O. The summed E-state index contributed by atoms with van der Waals surface area (Å²) in [4.78, 5) is 28.7. The molecular weight excluding hydrogens is 304 g/mol. The Hall–Kier alpha value is -3.47. The van der Waals surface area contributed by atoms with E-state index < -0.39 is 11.8 Å². The molecule has 1 aromatic heterocycles. The summed E-state index contributed by atoms with van der Waals surface area (Å²) in [5.41, 5.74) is 2.63. The average molecular weight is 316 g/mol. The third-order valence-corrected chi connectivity index (χ3v) is 3.99. The number of oxazole rings is 1. The van der Waals surface area contributed by atoms with E-state index in [0.29, 0.717) is 44.5 Å². The van der Waals surface area contributed by atoms with Gasteiger partial charge in [-0.05, 0) is 12.1 Å². The van der Waals surface area contributed by atoms with Crippen LogP contribution in [0.3, 0.4) is 0 Å². The highest BCUT2D eigenvalue weighted by molar-refractivity contribution is 6.28. The normalized spacial score (nSPS) is 14.1. The van der Waals surface area contributed by atoms with Gasteiger partial charge in [-0.15, -0.1) is 0 Å². The van der Waals surface area contributed by atoms with Crippen LogP contribution in [0.5, 0.6) is 0 Å². The van der Waals surface area contributed by atoms with Crippen LogP contribution >= 0.6 is 0 Å². The maximum Gasteiger partial charge on any atom is 0.258 e. The second-order valence-corrected chi connectivity index (χ2v) is 5.36. The second-order valence-electron chi connectivity index (χ2n) is 5.36. The van der Waals surface area contributed by atoms with Gasteiger partial charge in [0.15, 0.2) is 5.58 Å². The van der Waals surface area contributed by atoms with Crippen molar-refractivity contribution in [2.75, 3.05) is 0 Å². The molecule has 0 radical (unpaired) electrons. The molecule has 24 heavy (non-hydrogen) atoms. The predicted octanol–water partition coefficient (Wildman–Crippen LogP) is 3.62. The lowest BCUT2D eigenvalue weighted by Gasteiger charge is -2.16. The number of hydrogen-bond acceptors (Lipinski definition) is 4. The lowest BCUT2D eigenvalue weighted by atomic mass is 9.94. The number of nitrogens with zero attached hydrogens (tertiary/aromatic N) is 1. The van der Waals surface area contributed by atoms with E-state index in [1.807, 2.05) is 6.07 Å². The van der Waals surface area contributed by atoms with Gasteiger partial charge in [0.05, 0.1) is 5.56 Å². The van der Waals surface area contributed by atoms with Crippen LogP contribution < -0.4 is 5.32 Å². The molecule has 0 spiro atoms. The fraction of sp³-hybridized carbons (Fsp3) is 0. The van der Waals surface area contributed by atoms with Crippen molar-refractivity contribution in [3.63, 3.8) is 0 Å². The Balaban J connectivity index is 2.13. The smallest absolute Gasteiger partial charge is 0.258 e. The van der Waals surface area contributed by atoms with Gasteiger partial charge in [0.2, 0.25) is 5.89 Å². The van der Waals surface area contributed by atoms with E-state index in [1.165, 1.54) is 0 Å². The van der Waals surface area contributed by atoms with Crippen LogP contribution in [0, 0.1) is 0 Å². The molecule has 0 saturated carbocycles. The van der Waals surface area contributed by atoms with Gasteiger partial charge in [-0.1, -0.05) is 43.5 Å². The first-order chi connectivity index (χ1) is 11.6. The topological polar surface area (TPSA) is 72.2 Å². The molecule has 0 saturated heterocycles. The Labute approximate surface area is 137 Å². The summed E-state index contributed by atoms with van der Waals surface area (Å²) < 4.78 is 5.89. The van der Waals surface area contributed by atoms with Crippen molar-refractivity contribution < 1.29 is 14.0 Å². The molecule has 5 heteroatoms. The molecule has 0 fully saturated rings. The maximum atomic E-state index is 12.2. The highest BCUT2D eigenvalue weighted by Gasteiger charge is 2.27. The molecule has 5 nitrogen and oxygen atoms in total. The van der Waals surface area contributed by atoms with Gasteiger partial charge in [-0.2, -0.15) is 0 Å². The Bertz CT molecular complexity index is 1100. The predicted molar refractivity (Wildman–Crippen MR) is 91.7 cm³/mol. The minimum atomic E-state index is -0.430. The van der Waals surface area contributed by atoms with Crippen LogP contribution in [0.25, 0.3) is 27.4 Å². The second kappa shape index (κ2) is 5.03. The first-order valence-electron chi connectivity index (χ1n) is 7.31. The van der Waals surface area contributed by atoms with E-state index in [-0.39, 0.29) is 0 Å². The van der Waals surface area contributed by atoms with E-state index in [2.05, 4.69) is 23.5 Å². The lowest BCUT2D eigenvalue weighted by molar-refractivity contribution is 0.0845. The molecule has 1 aliphatic heterocycles. The molecule has 1 N–H and O–H groups in total. The monoisotopic (exact) mass is 316 g/mol. The molecule has 2 amide bonds. The van der Waals surface area contributed by atoms with Crippen molar-refractivity contribution in [1.82, 2.24) is 10.3 Å². The van der Waals surface area contributed by atoms with Crippen LogP contribution in [0.1, 0.15) is 26.6 Å². The summed E-state index contributed by atoms with van der Waals surface area (Å²) in [6.45, 7) is 7.40. The van der Waals surface area contributed by atoms with E-state index in [4.69, 9.17) is 4.42 Å². The number of rotatable bonds is 3. The Morgan fingerprint density at radius 3 is 2.71 bits per heavy atom. The number of nitrogens with one attached hydrogen (secondary N) is 1. The summed E-state index contributed by atoms with van der Waals surface area (Å²) in [6.07, 6.45) is 4.98. The quantitative estimate of drug-likeness (QED) is 0.592. The molecule has 0 unspecified atom stereocenters. The number of benzene rings is 2. The van der Waals surface area contributed by atoms with Gasteiger partial charge in [0.1, 0.15) is 5.52 Å². The van der Waals surface area contributed by atoms with Crippen LogP contribution in [-0.4, -0.2) is 16.8 Å². The summed E-state index contributed by atoms with van der Waals surface area (Å²) in [5.74, 6) is -0.453. The number of aromatic nitrogens is 1. The van der Waals surface area contributed by atoms with Gasteiger partial charge >= 0.3 is 0 Å². The van der Waals surface area contributed by atoms with Crippen LogP contribution in [0.4, 0.5) is 0 Å². The molecule has 0 atom stereocenters. The Morgan fingerprint density at radius 1 is 1.17 bits per heavy atom. The summed E-state index contributed by atoms with van der Waals surface area (Å²) in [6, 6.07) is 6.90. The lowest BCUT2D eigenvalue weighted by Crippen LogP contribution is -2.34. The summed E-state index contributed by atoms with van der Waals surface area (Å²) >= 11 is 0. The zero-order chi connectivity index (χ0) is 16.8.